The highest BCUT2D eigenvalue weighted by Crippen LogP contribution is 2.23. The van der Waals surface area contributed by atoms with E-state index >= 15 is 0 Å². The minimum atomic E-state index is -3.44. The Balaban J connectivity index is 5.98. The predicted octanol–water partition coefficient (Wildman–Crippen LogP) is 2.53. The Morgan fingerprint density at radius 2 is 1.84 bits per heavy atom. The maximum Gasteiger partial charge on any atom is 0.237 e. The fourth-order valence-electron chi connectivity index (χ4n) is 1.51. The van der Waals surface area contributed by atoms with Gasteiger partial charge in [0.05, 0.1) is 18.1 Å². The molecule has 0 heterocycles. The number of hydrogen-bond donors (Lipinski definition) is 0. The Morgan fingerprint density at radius 3 is 2.16 bits per heavy atom. The molecule has 6 heteroatoms. The molecule has 0 fully saturated rings. The topological polar surface area (TPSA) is 59.0 Å². The highest BCUT2D eigenvalue weighted by Gasteiger charge is 2.30. The van der Waals surface area contributed by atoms with Gasteiger partial charge in [0.1, 0.15) is 5.76 Å². The zero-order valence-corrected chi connectivity index (χ0v) is 13.4. The SMILES string of the molecule is C=N/C=C/C(=C(\C)OC)N(C(C)C)S(=O)(=O)C(C)C. The summed E-state index contributed by atoms with van der Waals surface area (Å²) in [6.45, 7) is 12.0. The first-order chi connectivity index (χ1) is 8.69. The lowest BCUT2D eigenvalue weighted by Crippen LogP contribution is -2.40. The highest BCUT2D eigenvalue weighted by molar-refractivity contribution is 7.89. The van der Waals surface area contributed by atoms with Crippen LogP contribution in [0.3, 0.4) is 0 Å². The summed E-state index contributed by atoms with van der Waals surface area (Å²) in [5, 5.41) is -0.514. The normalized spacial score (nSPS) is 13.9. The van der Waals surface area contributed by atoms with Gasteiger partial charge < -0.3 is 4.74 Å². The minimum absolute atomic E-state index is 0.220. The van der Waals surface area contributed by atoms with E-state index < -0.39 is 15.3 Å². The number of allylic oxidation sites excluding steroid dienone is 2. The van der Waals surface area contributed by atoms with Gasteiger partial charge in [-0.3, -0.25) is 9.30 Å². The highest BCUT2D eigenvalue weighted by atomic mass is 32.2. The summed E-state index contributed by atoms with van der Waals surface area (Å²) in [6, 6.07) is -0.220. The van der Waals surface area contributed by atoms with Gasteiger partial charge in [-0.15, -0.1) is 0 Å². The first-order valence-corrected chi connectivity index (χ1v) is 7.60. The lowest BCUT2D eigenvalue weighted by atomic mass is 10.3. The maximum absolute atomic E-state index is 12.5. The molecule has 0 saturated heterocycles. The van der Waals surface area contributed by atoms with E-state index in [2.05, 4.69) is 11.7 Å². The van der Waals surface area contributed by atoms with Gasteiger partial charge in [-0.25, -0.2) is 8.42 Å². The lowest BCUT2D eigenvalue weighted by molar-refractivity contribution is 0.274. The van der Waals surface area contributed by atoms with Crippen molar-refractivity contribution >= 4 is 16.7 Å². The standard InChI is InChI=1S/C13H24N2O3S/c1-10(2)15(19(16,17)11(3)4)13(8-9-14-6)12(5)18-7/h8-11H,6H2,1-5,7H3/b9-8+,13-12-. The van der Waals surface area contributed by atoms with Crippen molar-refractivity contribution in [3.05, 3.63) is 23.7 Å². The van der Waals surface area contributed by atoms with Crippen molar-refractivity contribution in [2.75, 3.05) is 7.11 Å². The summed E-state index contributed by atoms with van der Waals surface area (Å²) >= 11 is 0. The van der Waals surface area contributed by atoms with E-state index in [1.165, 1.54) is 17.6 Å². The molecule has 0 amide bonds. The van der Waals surface area contributed by atoms with E-state index in [1.807, 2.05) is 13.8 Å². The third-order valence-corrected chi connectivity index (χ3v) is 4.94. The molecule has 19 heavy (non-hydrogen) atoms. The van der Waals surface area contributed by atoms with Crippen molar-refractivity contribution in [2.45, 2.75) is 45.9 Å². The van der Waals surface area contributed by atoms with Crippen LogP contribution in [0, 0.1) is 0 Å². The quantitative estimate of drug-likeness (QED) is 0.411. The van der Waals surface area contributed by atoms with E-state index in [0.29, 0.717) is 11.5 Å². The van der Waals surface area contributed by atoms with E-state index in [1.54, 1.807) is 26.8 Å². The number of methoxy groups -OCH3 is 1. The largest absolute Gasteiger partial charge is 0.499 e. The monoisotopic (exact) mass is 288 g/mol. The molecule has 0 aliphatic heterocycles. The van der Waals surface area contributed by atoms with Gasteiger partial charge in [-0.2, -0.15) is 0 Å². The van der Waals surface area contributed by atoms with E-state index in [4.69, 9.17) is 4.74 Å². The molecule has 0 unspecified atom stereocenters. The number of sulfonamides is 1. The molecular formula is C13H24N2O3S. The molecule has 0 aliphatic carbocycles. The van der Waals surface area contributed by atoms with Gasteiger partial charge in [0.25, 0.3) is 0 Å². The molecule has 0 rings (SSSR count). The van der Waals surface area contributed by atoms with Crippen molar-refractivity contribution in [1.82, 2.24) is 4.31 Å². The molecule has 110 valence electrons. The van der Waals surface area contributed by atoms with Crippen molar-refractivity contribution in [3.8, 4) is 0 Å². The number of aliphatic imine (C=N–C) groups is 1. The minimum Gasteiger partial charge on any atom is -0.499 e. The fourth-order valence-corrected chi connectivity index (χ4v) is 3.02. The first kappa shape index (κ1) is 17.7. The third kappa shape index (κ3) is 4.38. The molecule has 0 aromatic heterocycles. The molecule has 0 aromatic rings. The Kier molecular flexibility index (Phi) is 6.83. The Bertz CT molecular complexity index is 462. The van der Waals surface area contributed by atoms with E-state index in [9.17, 15) is 8.42 Å². The number of ether oxygens (including phenoxy) is 1. The molecule has 0 atom stereocenters. The second-order valence-corrected chi connectivity index (χ2v) is 6.99. The van der Waals surface area contributed by atoms with Crippen LogP contribution in [0.25, 0.3) is 0 Å². The van der Waals surface area contributed by atoms with Crippen LogP contribution in [0.1, 0.15) is 34.6 Å². The molecule has 5 nitrogen and oxygen atoms in total. The van der Waals surface area contributed by atoms with Crippen LogP contribution < -0.4 is 0 Å². The van der Waals surface area contributed by atoms with Crippen LogP contribution in [0.15, 0.2) is 28.7 Å². The molecule has 0 radical (unpaired) electrons. The Labute approximate surface area is 116 Å². The van der Waals surface area contributed by atoms with Gasteiger partial charge >= 0.3 is 0 Å². The molecule has 0 N–H and O–H groups in total. The van der Waals surface area contributed by atoms with Crippen LogP contribution in [-0.2, 0) is 14.8 Å². The van der Waals surface area contributed by atoms with E-state index in [0.717, 1.165) is 0 Å². The number of hydrogen-bond acceptors (Lipinski definition) is 4. The van der Waals surface area contributed by atoms with Crippen LogP contribution in [0.2, 0.25) is 0 Å². The second-order valence-electron chi connectivity index (χ2n) is 4.63. The number of nitrogens with zero attached hydrogens (tertiary/aromatic N) is 2. The summed E-state index contributed by atoms with van der Waals surface area (Å²) < 4.78 is 31.4. The number of rotatable bonds is 7. The van der Waals surface area contributed by atoms with Crippen molar-refractivity contribution < 1.29 is 13.2 Å². The fraction of sp³-hybridized carbons (Fsp3) is 0.615. The average Bonchev–Trinajstić information content (AvgIpc) is 2.32. The van der Waals surface area contributed by atoms with Crippen molar-refractivity contribution in [2.24, 2.45) is 4.99 Å². The Morgan fingerprint density at radius 1 is 1.32 bits per heavy atom. The Hall–Kier alpha value is -1.30. The van der Waals surface area contributed by atoms with Crippen LogP contribution >= 0.6 is 0 Å². The first-order valence-electron chi connectivity index (χ1n) is 6.10. The lowest BCUT2D eigenvalue weighted by Gasteiger charge is -2.31. The van der Waals surface area contributed by atoms with Gasteiger partial charge in [0.15, 0.2) is 0 Å². The smallest absolute Gasteiger partial charge is 0.237 e. The van der Waals surface area contributed by atoms with Crippen LogP contribution in [0.5, 0.6) is 0 Å². The summed E-state index contributed by atoms with van der Waals surface area (Å²) in [7, 11) is -1.94. The van der Waals surface area contributed by atoms with Gasteiger partial charge in [-0.1, -0.05) is 0 Å². The zero-order valence-electron chi connectivity index (χ0n) is 12.5. The maximum atomic E-state index is 12.5. The van der Waals surface area contributed by atoms with Crippen LogP contribution in [0.4, 0.5) is 0 Å². The van der Waals surface area contributed by atoms with Gasteiger partial charge in [0, 0.05) is 12.2 Å². The summed E-state index contributed by atoms with van der Waals surface area (Å²) in [5.74, 6) is 0.512. The molecule has 0 saturated carbocycles. The molecule has 0 aromatic carbocycles. The molecular weight excluding hydrogens is 264 g/mol. The van der Waals surface area contributed by atoms with Gasteiger partial charge in [0.2, 0.25) is 10.0 Å². The molecule has 0 spiro atoms. The van der Waals surface area contributed by atoms with Gasteiger partial charge in [-0.05, 0) is 47.4 Å². The zero-order chi connectivity index (χ0) is 15.2. The molecule has 0 bridgehead atoms. The summed E-state index contributed by atoms with van der Waals surface area (Å²) in [4.78, 5) is 3.62. The summed E-state index contributed by atoms with van der Waals surface area (Å²) in [6.07, 6.45) is 3.04. The van der Waals surface area contributed by atoms with Crippen molar-refractivity contribution in [1.29, 1.82) is 0 Å². The summed E-state index contributed by atoms with van der Waals surface area (Å²) in [5.41, 5.74) is 0.471. The van der Waals surface area contributed by atoms with E-state index in [-0.39, 0.29) is 6.04 Å². The predicted molar refractivity (Wildman–Crippen MR) is 79.4 cm³/mol. The second kappa shape index (κ2) is 7.33. The van der Waals surface area contributed by atoms with Crippen molar-refractivity contribution in [3.63, 3.8) is 0 Å². The third-order valence-electron chi connectivity index (χ3n) is 2.58. The average molecular weight is 288 g/mol. The van der Waals surface area contributed by atoms with Crippen LogP contribution in [-0.4, -0.2) is 37.8 Å². The molecule has 0 aliphatic rings.